The number of nitrogens with zero attached hydrogens (tertiary/aromatic N) is 1. The summed E-state index contributed by atoms with van der Waals surface area (Å²) in [4.78, 5) is 23.8. The second kappa shape index (κ2) is 9.05. The van der Waals surface area contributed by atoms with Gasteiger partial charge >= 0.3 is 5.97 Å². The zero-order valence-electron chi connectivity index (χ0n) is 20.2. The molecule has 0 amide bonds. The Balaban J connectivity index is 2.11. The van der Waals surface area contributed by atoms with Crippen molar-refractivity contribution in [2.24, 2.45) is 0 Å². The highest BCUT2D eigenvalue weighted by Crippen LogP contribution is 2.52. The average Bonchev–Trinajstić information content (AvgIpc) is 2.70. The van der Waals surface area contributed by atoms with Crippen LogP contribution in [0.1, 0.15) is 89.5 Å². The molecule has 0 spiro atoms. The number of ether oxygens (including phenoxy) is 1. The van der Waals surface area contributed by atoms with Crippen LogP contribution in [0.15, 0.2) is 35.9 Å². The van der Waals surface area contributed by atoms with Gasteiger partial charge in [-0.05, 0) is 85.1 Å². The Kier molecular flexibility index (Phi) is 6.77. The van der Waals surface area contributed by atoms with Gasteiger partial charge in [-0.15, -0.1) is 0 Å². The van der Waals surface area contributed by atoms with Crippen LogP contribution >= 0.6 is 0 Å². The molecule has 172 valence electrons. The van der Waals surface area contributed by atoms with Gasteiger partial charge in [-0.25, -0.2) is 4.79 Å². The summed E-state index contributed by atoms with van der Waals surface area (Å²) in [5.41, 5.74) is 5.90. The molecule has 32 heavy (non-hydrogen) atoms. The molecular formula is C27H35NO4. The van der Waals surface area contributed by atoms with Crippen LogP contribution in [-0.4, -0.2) is 17.5 Å². The van der Waals surface area contributed by atoms with E-state index in [9.17, 15) is 14.9 Å². The molecule has 0 aliphatic heterocycles. The quantitative estimate of drug-likeness (QED) is 0.168. The molecule has 0 N–H and O–H groups in total. The molecule has 0 aromatic heterocycles. The largest absolute Gasteiger partial charge is 0.463 e. The highest BCUT2D eigenvalue weighted by molar-refractivity contribution is 5.83. The third-order valence-corrected chi connectivity index (χ3v) is 6.88. The van der Waals surface area contributed by atoms with Crippen LogP contribution in [0.5, 0.6) is 0 Å². The molecule has 0 radical (unpaired) electrons. The monoisotopic (exact) mass is 437 g/mol. The van der Waals surface area contributed by atoms with Crippen LogP contribution in [0, 0.1) is 10.1 Å². The number of allylic oxidation sites excluding steroid dienone is 5. The Morgan fingerprint density at radius 1 is 1.19 bits per heavy atom. The van der Waals surface area contributed by atoms with Crippen molar-refractivity contribution in [2.75, 3.05) is 6.61 Å². The Hall–Kier alpha value is -2.69. The summed E-state index contributed by atoms with van der Waals surface area (Å²) in [6, 6.07) is 2.23. The third-order valence-electron chi connectivity index (χ3n) is 6.88. The predicted octanol–water partition coefficient (Wildman–Crippen LogP) is 6.73. The highest BCUT2D eigenvalue weighted by Gasteiger charge is 2.44. The summed E-state index contributed by atoms with van der Waals surface area (Å²) in [6.45, 7) is 12.7. The van der Waals surface area contributed by atoms with Crippen molar-refractivity contribution < 1.29 is 14.5 Å². The molecule has 0 saturated carbocycles. The lowest BCUT2D eigenvalue weighted by atomic mass is 9.61. The minimum Gasteiger partial charge on any atom is -0.463 e. The minimum absolute atomic E-state index is 0.0952. The lowest BCUT2D eigenvalue weighted by Gasteiger charge is -2.42. The second-order valence-corrected chi connectivity index (χ2v) is 10.2. The van der Waals surface area contributed by atoms with E-state index in [-0.39, 0.29) is 21.7 Å². The Labute approximate surface area is 191 Å². The van der Waals surface area contributed by atoms with Crippen LogP contribution < -0.4 is 0 Å². The van der Waals surface area contributed by atoms with Crippen LogP contribution in [0.3, 0.4) is 0 Å². The molecule has 3 rings (SSSR count). The van der Waals surface area contributed by atoms with Gasteiger partial charge in [0.15, 0.2) is 0 Å². The summed E-state index contributed by atoms with van der Waals surface area (Å²) in [7, 11) is 0. The smallest absolute Gasteiger partial charge is 0.330 e. The van der Waals surface area contributed by atoms with E-state index in [1.165, 1.54) is 6.08 Å². The van der Waals surface area contributed by atoms with Gasteiger partial charge in [0.1, 0.15) is 0 Å². The topological polar surface area (TPSA) is 69.4 Å². The molecule has 5 heteroatoms. The van der Waals surface area contributed by atoms with Gasteiger partial charge in [-0.3, -0.25) is 10.1 Å². The number of fused-ring (bicyclic) bond motifs is 2. The molecule has 0 unspecified atom stereocenters. The molecule has 1 aromatic carbocycles. The Bertz CT molecular complexity index is 1020. The first-order valence-corrected chi connectivity index (χ1v) is 11.6. The van der Waals surface area contributed by atoms with Gasteiger partial charge in [-0.2, -0.15) is 0 Å². The normalized spacial score (nSPS) is 20.7. The first-order chi connectivity index (χ1) is 15.0. The van der Waals surface area contributed by atoms with Crippen molar-refractivity contribution in [1.29, 1.82) is 0 Å². The molecule has 0 bridgehead atoms. The fraction of sp³-hybridized carbons (Fsp3) is 0.519. The lowest BCUT2D eigenvalue weighted by Crippen LogP contribution is -2.35. The van der Waals surface area contributed by atoms with E-state index >= 15 is 0 Å². The van der Waals surface area contributed by atoms with Gasteiger partial charge in [0.2, 0.25) is 0 Å². The van der Waals surface area contributed by atoms with Crippen LogP contribution in [0.4, 0.5) is 5.69 Å². The van der Waals surface area contributed by atoms with Crippen molar-refractivity contribution >= 4 is 17.2 Å². The maximum atomic E-state index is 12.3. The zero-order valence-corrected chi connectivity index (χ0v) is 20.2. The summed E-state index contributed by atoms with van der Waals surface area (Å²) in [5, 5.41) is 12.3. The third kappa shape index (κ3) is 4.72. The number of hydrogen-bond donors (Lipinski definition) is 0. The standard InChI is InChI=1S/C27H35NO4/c1-7-32-23(29)16-18(2)10-8-11-19-12-9-13-20-21(19)17-22-24(25(20)28(30)31)27(5,6)15-14-26(22,3)4/h8,10-11,16-17H,7,9,12-15H2,1-6H3/b10-8+,18-16+,19-11-. The summed E-state index contributed by atoms with van der Waals surface area (Å²) < 4.78 is 4.95. The van der Waals surface area contributed by atoms with E-state index < -0.39 is 0 Å². The Morgan fingerprint density at radius 3 is 2.53 bits per heavy atom. The van der Waals surface area contributed by atoms with Gasteiger partial charge in [-0.1, -0.05) is 45.9 Å². The van der Waals surface area contributed by atoms with Gasteiger partial charge in [0.05, 0.1) is 11.5 Å². The SMILES string of the molecule is CCOC(=O)/C=C(C)/C=C/C=C1/CCCc2c1cc1c(c2[N+](=O)[O-])C(C)(C)CCC1(C)C. The Morgan fingerprint density at radius 2 is 1.88 bits per heavy atom. The van der Waals surface area contributed by atoms with Crippen LogP contribution in [-0.2, 0) is 26.8 Å². The number of benzene rings is 1. The van der Waals surface area contributed by atoms with Crippen LogP contribution in [0.25, 0.3) is 5.57 Å². The van der Waals surface area contributed by atoms with Crippen molar-refractivity contribution in [1.82, 2.24) is 0 Å². The highest BCUT2D eigenvalue weighted by atomic mass is 16.6. The second-order valence-electron chi connectivity index (χ2n) is 10.2. The summed E-state index contributed by atoms with van der Waals surface area (Å²) in [5.74, 6) is -0.350. The first-order valence-electron chi connectivity index (χ1n) is 11.6. The molecule has 0 saturated heterocycles. The summed E-state index contributed by atoms with van der Waals surface area (Å²) in [6.07, 6.45) is 11.8. The molecule has 0 heterocycles. The average molecular weight is 438 g/mol. The molecule has 0 fully saturated rings. The van der Waals surface area contributed by atoms with Crippen molar-refractivity contribution in [3.05, 3.63) is 68.3 Å². The van der Waals surface area contributed by atoms with Crippen molar-refractivity contribution in [3.63, 3.8) is 0 Å². The van der Waals surface area contributed by atoms with E-state index in [4.69, 9.17) is 4.74 Å². The maximum absolute atomic E-state index is 12.3. The van der Waals surface area contributed by atoms with E-state index in [0.29, 0.717) is 12.3 Å². The van der Waals surface area contributed by atoms with E-state index in [1.807, 2.05) is 25.2 Å². The minimum atomic E-state index is -0.350. The molecular weight excluding hydrogens is 402 g/mol. The number of carbonyl (C=O) groups is 1. The fourth-order valence-electron chi connectivity index (χ4n) is 5.05. The maximum Gasteiger partial charge on any atom is 0.330 e. The molecule has 1 aromatic rings. The van der Waals surface area contributed by atoms with Gasteiger partial charge in [0.25, 0.3) is 5.69 Å². The predicted molar refractivity (Wildman–Crippen MR) is 129 cm³/mol. The van der Waals surface area contributed by atoms with E-state index in [2.05, 4.69) is 33.8 Å². The fourth-order valence-corrected chi connectivity index (χ4v) is 5.05. The van der Waals surface area contributed by atoms with Crippen LogP contribution in [0.2, 0.25) is 0 Å². The molecule has 2 aliphatic rings. The van der Waals surface area contributed by atoms with Gasteiger partial charge < -0.3 is 4.74 Å². The van der Waals surface area contributed by atoms with Crippen molar-refractivity contribution in [3.8, 4) is 0 Å². The number of hydrogen-bond acceptors (Lipinski definition) is 4. The van der Waals surface area contributed by atoms with E-state index in [1.54, 1.807) is 6.92 Å². The lowest BCUT2D eigenvalue weighted by molar-refractivity contribution is -0.387. The molecule has 5 nitrogen and oxygen atoms in total. The first kappa shape index (κ1) is 24.0. The van der Waals surface area contributed by atoms with E-state index in [0.717, 1.165) is 65.5 Å². The summed E-state index contributed by atoms with van der Waals surface area (Å²) >= 11 is 0. The number of nitro benzene ring substituents is 1. The zero-order chi connectivity index (χ0) is 23.7. The number of carbonyl (C=O) groups excluding carboxylic acids is 1. The van der Waals surface area contributed by atoms with Crippen molar-refractivity contribution in [2.45, 2.75) is 84.5 Å². The van der Waals surface area contributed by atoms with Gasteiger partial charge in [0, 0.05) is 17.2 Å². The molecule has 0 atom stereocenters. The number of nitro groups is 1. The number of rotatable bonds is 5. The number of esters is 1. The molecule has 2 aliphatic carbocycles.